The van der Waals surface area contributed by atoms with Crippen molar-refractivity contribution >= 4 is 11.6 Å². The number of hydrogen-bond acceptors (Lipinski definition) is 4. The van der Waals surface area contributed by atoms with Gasteiger partial charge in [-0.3, -0.25) is 9.80 Å². The third-order valence-corrected chi connectivity index (χ3v) is 3.78. The lowest BCUT2D eigenvalue weighted by Gasteiger charge is -2.37. The van der Waals surface area contributed by atoms with Crippen LogP contribution >= 0.6 is 11.6 Å². The number of benzene rings is 1. The van der Waals surface area contributed by atoms with Gasteiger partial charge in [-0.25, -0.2) is 0 Å². The quantitative estimate of drug-likeness (QED) is 0.873. The molecule has 1 aliphatic rings. The highest BCUT2D eigenvalue weighted by molar-refractivity contribution is 6.30. The molecule has 0 amide bonds. The third-order valence-electron chi connectivity index (χ3n) is 3.55. The molecule has 21 heavy (non-hydrogen) atoms. The second-order valence-corrected chi connectivity index (χ2v) is 6.67. The molecule has 5 heteroatoms. The lowest BCUT2D eigenvalue weighted by molar-refractivity contribution is 0.0162. The number of hydrogen-bond donors (Lipinski definition) is 1. The average molecular weight is 313 g/mol. The summed E-state index contributed by atoms with van der Waals surface area (Å²) in [5.41, 5.74) is -0.613. The molecule has 2 rings (SSSR count). The number of rotatable bonds is 6. The van der Waals surface area contributed by atoms with Crippen molar-refractivity contribution in [2.45, 2.75) is 19.4 Å². The number of nitrogens with zero attached hydrogens (tertiary/aromatic N) is 2. The Morgan fingerprint density at radius 3 is 2.48 bits per heavy atom. The first-order chi connectivity index (χ1) is 9.92. The highest BCUT2D eigenvalue weighted by atomic mass is 35.5. The molecule has 1 aromatic rings. The van der Waals surface area contributed by atoms with E-state index >= 15 is 0 Å². The second-order valence-electron chi connectivity index (χ2n) is 6.24. The lowest BCUT2D eigenvalue weighted by atomic mass is 10.1. The summed E-state index contributed by atoms with van der Waals surface area (Å²) in [6.45, 7) is 10.1. The van der Waals surface area contributed by atoms with Crippen LogP contribution < -0.4 is 4.74 Å². The van der Waals surface area contributed by atoms with Crippen molar-refractivity contribution in [1.29, 1.82) is 0 Å². The van der Waals surface area contributed by atoms with Gasteiger partial charge in [0.05, 0.1) is 5.60 Å². The fraction of sp³-hybridized carbons (Fsp3) is 0.625. The van der Waals surface area contributed by atoms with Crippen LogP contribution in [0.1, 0.15) is 13.8 Å². The van der Waals surface area contributed by atoms with E-state index < -0.39 is 5.60 Å². The maximum Gasteiger partial charge on any atom is 0.120 e. The van der Waals surface area contributed by atoms with Crippen molar-refractivity contribution in [3.05, 3.63) is 29.3 Å². The van der Waals surface area contributed by atoms with E-state index in [1.807, 2.05) is 38.1 Å². The van der Waals surface area contributed by atoms with Crippen molar-refractivity contribution in [2.75, 3.05) is 45.9 Å². The van der Waals surface area contributed by atoms with Gasteiger partial charge in [0.25, 0.3) is 0 Å². The second kappa shape index (κ2) is 7.45. The number of aliphatic hydroxyl groups is 1. The van der Waals surface area contributed by atoms with Crippen molar-refractivity contribution in [2.24, 2.45) is 0 Å². The zero-order chi connectivity index (χ0) is 15.3. The van der Waals surface area contributed by atoms with E-state index in [2.05, 4.69) is 9.80 Å². The Hall–Kier alpha value is -0.810. The summed E-state index contributed by atoms with van der Waals surface area (Å²) in [5.74, 6) is 0.822. The number of piperazine rings is 1. The predicted octanol–water partition coefficient (Wildman–Crippen LogP) is 2.11. The Morgan fingerprint density at radius 2 is 1.86 bits per heavy atom. The van der Waals surface area contributed by atoms with E-state index in [0.717, 1.165) is 45.0 Å². The van der Waals surface area contributed by atoms with E-state index in [1.54, 1.807) is 0 Å². The highest BCUT2D eigenvalue weighted by Crippen LogP contribution is 2.17. The van der Waals surface area contributed by atoms with Crippen LogP contribution in [0.3, 0.4) is 0 Å². The van der Waals surface area contributed by atoms with Gasteiger partial charge in [-0.05, 0) is 32.0 Å². The molecule has 0 atom stereocenters. The van der Waals surface area contributed by atoms with Gasteiger partial charge in [-0.2, -0.15) is 0 Å². The lowest BCUT2D eigenvalue weighted by Crippen LogP contribution is -2.51. The summed E-state index contributed by atoms with van der Waals surface area (Å²) >= 11 is 5.92. The Bertz CT molecular complexity index is 440. The van der Waals surface area contributed by atoms with Gasteiger partial charge in [0.2, 0.25) is 0 Å². The van der Waals surface area contributed by atoms with E-state index in [9.17, 15) is 5.11 Å². The molecule has 1 heterocycles. The van der Waals surface area contributed by atoms with Crippen LogP contribution in [-0.4, -0.2) is 66.4 Å². The van der Waals surface area contributed by atoms with Crippen LogP contribution in [0.5, 0.6) is 5.75 Å². The molecule has 0 radical (unpaired) electrons. The van der Waals surface area contributed by atoms with Crippen LogP contribution in [0.25, 0.3) is 0 Å². The zero-order valence-corrected chi connectivity index (χ0v) is 13.6. The Labute approximate surface area is 132 Å². The maximum atomic E-state index is 9.84. The summed E-state index contributed by atoms with van der Waals surface area (Å²) in [6, 6.07) is 7.50. The molecule has 1 fully saturated rings. The normalized spacial score (nSPS) is 17.9. The Balaban J connectivity index is 1.65. The molecule has 1 aliphatic heterocycles. The van der Waals surface area contributed by atoms with Gasteiger partial charge in [0, 0.05) is 44.3 Å². The van der Waals surface area contributed by atoms with E-state index in [0.29, 0.717) is 11.6 Å². The minimum absolute atomic E-state index is 0.613. The molecule has 0 aromatic heterocycles. The number of ether oxygens (including phenoxy) is 1. The van der Waals surface area contributed by atoms with Crippen LogP contribution in [0.15, 0.2) is 24.3 Å². The summed E-state index contributed by atoms with van der Waals surface area (Å²) in [6.07, 6.45) is 0. The third kappa shape index (κ3) is 6.22. The molecular formula is C16H25ClN2O2. The van der Waals surface area contributed by atoms with E-state index in [4.69, 9.17) is 16.3 Å². The van der Waals surface area contributed by atoms with Crippen molar-refractivity contribution in [3.8, 4) is 5.75 Å². The SMILES string of the molecule is CC(C)(O)CN1CCN(CCOc2cccc(Cl)c2)CC1. The van der Waals surface area contributed by atoms with Crippen molar-refractivity contribution < 1.29 is 9.84 Å². The van der Waals surface area contributed by atoms with Gasteiger partial charge in [0.15, 0.2) is 0 Å². The minimum Gasteiger partial charge on any atom is -0.492 e. The molecule has 0 unspecified atom stereocenters. The number of β-amino-alcohol motifs (C(OH)–C–C–N with tert-alkyl or cyclic N) is 1. The molecular weight excluding hydrogens is 288 g/mol. The topological polar surface area (TPSA) is 35.9 Å². The van der Waals surface area contributed by atoms with Crippen LogP contribution in [0.2, 0.25) is 5.02 Å². The van der Waals surface area contributed by atoms with Crippen LogP contribution in [-0.2, 0) is 0 Å². The smallest absolute Gasteiger partial charge is 0.120 e. The Morgan fingerprint density at radius 1 is 1.19 bits per heavy atom. The first kappa shape index (κ1) is 16.6. The summed E-state index contributed by atoms with van der Waals surface area (Å²) < 4.78 is 5.72. The maximum absolute atomic E-state index is 9.84. The van der Waals surface area contributed by atoms with Gasteiger partial charge >= 0.3 is 0 Å². The van der Waals surface area contributed by atoms with Gasteiger partial charge in [0.1, 0.15) is 12.4 Å². The highest BCUT2D eigenvalue weighted by Gasteiger charge is 2.22. The van der Waals surface area contributed by atoms with E-state index in [-0.39, 0.29) is 0 Å². The largest absolute Gasteiger partial charge is 0.492 e. The van der Waals surface area contributed by atoms with Crippen molar-refractivity contribution in [3.63, 3.8) is 0 Å². The standard InChI is InChI=1S/C16H25ClN2O2/c1-16(2,20)13-19-8-6-18(7-9-19)10-11-21-15-5-3-4-14(17)12-15/h3-5,12,20H,6-11,13H2,1-2H3. The zero-order valence-electron chi connectivity index (χ0n) is 12.9. The van der Waals surface area contributed by atoms with Crippen LogP contribution in [0.4, 0.5) is 0 Å². The molecule has 1 saturated heterocycles. The molecule has 1 N–H and O–H groups in total. The first-order valence-electron chi connectivity index (χ1n) is 7.48. The van der Waals surface area contributed by atoms with Gasteiger partial charge in [-0.1, -0.05) is 17.7 Å². The van der Waals surface area contributed by atoms with Gasteiger partial charge < -0.3 is 9.84 Å². The van der Waals surface area contributed by atoms with Gasteiger partial charge in [-0.15, -0.1) is 0 Å². The molecule has 0 aliphatic carbocycles. The van der Waals surface area contributed by atoms with E-state index in [1.165, 1.54) is 0 Å². The summed E-state index contributed by atoms with van der Waals surface area (Å²) in [5, 5.41) is 10.5. The average Bonchev–Trinajstić information content (AvgIpc) is 2.39. The van der Waals surface area contributed by atoms with Crippen molar-refractivity contribution in [1.82, 2.24) is 9.80 Å². The summed E-state index contributed by atoms with van der Waals surface area (Å²) in [4.78, 5) is 4.71. The first-order valence-corrected chi connectivity index (χ1v) is 7.86. The minimum atomic E-state index is -0.613. The molecule has 0 spiro atoms. The molecule has 1 aromatic carbocycles. The Kier molecular flexibility index (Phi) is 5.88. The molecule has 4 nitrogen and oxygen atoms in total. The molecule has 118 valence electrons. The fourth-order valence-corrected chi connectivity index (χ4v) is 2.75. The van der Waals surface area contributed by atoms with Crippen LogP contribution in [0, 0.1) is 0 Å². The molecule has 0 saturated carbocycles. The predicted molar refractivity (Wildman–Crippen MR) is 86.1 cm³/mol. The monoisotopic (exact) mass is 312 g/mol. The number of halogens is 1. The summed E-state index contributed by atoms with van der Waals surface area (Å²) in [7, 11) is 0. The fourth-order valence-electron chi connectivity index (χ4n) is 2.57. The molecule has 0 bridgehead atoms.